The third kappa shape index (κ3) is 3.95. The number of nitrogens with two attached hydrogens (primary N) is 2. The highest BCUT2D eigenvalue weighted by Crippen LogP contribution is 2.28. The van der Waals surface area contributed by atoms with E-state index >= 15 is 0 Å². The van der Waals surface area contributed by atoms with Crippen molar-refractivity contribution in [2.75, 3.05) is 0 Å². The number of rotatable bonds is 4. The summed E-state index contributed by atoms with van der Waals surface area (Å²) in [5.74, 6) is 0.386. The van der Waals surface area contributed by atoms with E-state index in [0.29, 0.717) is 0 Å². The van der Waals surface area contributed by atoms with Gasteiger partial charge in [-0.2, -0.15) is 10.1 Å². The third-order valence-corrected chi connectivity index (χ3v) is 3.10. The molecule has 0 aliphatic carbocycles. The van der Waals surface area contributed by atoms with Crippen molar-refractivity contribution in [2.24, 2.45) is 21.5 Å². The first-order valence-corrected chi connectivity index (χ1v) is 6.65. The monoisotopic (exact) mass is 355 g/mol. The van der Waals surface area contributed by atoms with Crippen LogP contribution in [-0.2, 0) is 4.84 Å². The lowest BCUT2D eigenvalue weighted by Gasteiger charge is -2.39. The molecule has 0 aromatic heterocycles. The average Bonchev–Trinajstić information content (AvgIpc) is 2.38. The summed E-state index contributed by atoms with van der Waals surface area (Å²) in [5, 5.41) is 1.52. The van der Waals surface area contributed by atoms with Crippen LogP contribution in [0, 0.1) is 0 Å². The van der Waals surface area contributed by atoms with Gasteiger partial charge in [0.25, 0.3) is 0 Å². The van der Waals surface area contributed by atoms with Crippen molar-refractivity contribution in [1.29, 1.82) is 0 Å². The van der Waals surface area contributed by atoms with E-state index in [2.05, 4.69) is 16.9 Å². The molecule has 6 nitrogen and oxygen atoms in total. The second-order valence-corrected chi connectivity index (χ2v) is 5.14. The molecule has 0 saturated heterocycles. The Kier molecular flexibility index (Phi) is 5.74. The minimum Gasteiger partial charge on any atom is -0.368 e. The smallest absolute Gasteiger partial charge is 0.226 e. The lowest BCUT2D eigenvalue weighted by Crippen LogP contribution is -2.54. The lowest BCUT2D eigenvalue weighted by atomic mass is 10.1. The Labute approximate surface area is 135 Å². The van der Waals surface area contributed by atoms with Gasteiger partial charge in [0.15, 0.2) is 5.66 Å². The molecule has 116 valence electrons. The van der Waals surface area contributed by atoms with Crippen LogP contribution in [0.3, 0.4) is 0 Å². The molecule has 1 aliphatic heterocycles. The lowest BCUT2D eigenvalue weighted by molar-refractivity contribution is -0.197. The number of aliphatic imine (C=N–C) groups is 2. The van der Waals surface area contributed by atoms with Crippen molar-refractivity contribution < 1.29 is 4.84 Å². The molecule has 0 spiro atoms. The number of nitrogens with zero attached hydrogens (tertiary/aromatic N) is 3. The molecule has 21 heavy (non-hydrogen) atoms. The van der Waals surface area contributed by atoms with Crippen molar-refractivity contribution in [3.05, 3.63) is 35.9 Å². The van der Waals surface area contributed by atoms with E-state index in [-0.39, 0.29) is 35.0 Å². The molecule has 0 saturated carbocycles. The van der Waals surface area contributed by atoms with Gasteiger partial charge in [-0.1, -0.05) is 37.3 Å². The van der Waals surface area contributed by atoms with Crippen LogP contribution in [0.1, 0.15) is 38.9 Å². The fourth-order valence-corrected chi connectivity index (χ4v) is 2.14. The largest absolute Gasteiger partial charge is 0.368 e. The predicted molar refractivity (Wildman–Crippen MR) is 90.0 cm³/mol. The van der Waals surface area contributed by atoms with Gasteiger partial charge < -0.3 is 11.5 Å². The third-order valence-electron chi connectivity index (χ3n) is 3.10. The predicted octanol–water partition coefficient (Wildman–Crippen LogP) is 2.33. The van der Waals surface area contributed by atoms with Gasteiger partial charge in [-0.3, -0.25) is 4.84 Å². The molecule has 1 atom stereocenters. The highest BCUT2D eigenvalue weighted by atomic mass is 79.9. The van der Waals surface area contributed by atoms with Crippen molar-refractivity contribution >= 4 is 28.9 Å². The van der Waals surface area contributed by atoms with E-state index in [1.807, 2.05) is 44.2 Å². The summed E-state index contributed by atoms with van der Waals surface area (Å²) in [6.45, 7) is 5.80. The zero-order chi connectivity index (χ0) is 14.8. The molecule has 7 heteroatoms. The Bertz CT molecular complexity index is 529. The van der Waals surface area contributed by atoms with E-state index in [4.69, 9.17) is 16.3 Å². The summed E-state index contributed by atoms with van der Waals surface area (Å²) in [6.07, 6.45) is 0.696. The fraction of sp³-hybridized carbons (Fsp3) is 0.429. The van der Waals surface area contributed by atoms with Crippen molar-refractivity contribution in [3.63, 3.8) is 0 Å². The van der Waals surface area contributed by atoms with Gasteiger partial charge in [0.1, 0.15) is 6.10 Å². The fourth-order valence-electron chi connectivity index (χ4n) is 2.14. The number of hydrogen-bond donors (Lipinski definition) is 2. The number of halogens is 1. The Balaban J connectivity index is 0.00000220. The van der Waals surface area contributed by atoms with Gasteiger partial charge in [0.2, 0.25) is 11.9 Å². The number of hydroxylamine groups is 2. The van der Waals surface area contributed by atoms with Crippen LogP contribution >= 0.6 is 17.0 Å². The van der Waals surface area contributed by atoms with E-state index in [9.17, 15) is 0 Å². The molecule has 2 rings (SSSR count). The Hall–Kier alpha value is -1.60. The standard InChI is InChI=1S/C14H21N5O.BrH/c1-4-11(10-8-6-5-7-9-10)20-19-13(16)17-12(15)18-14(19,2)3;/h5-9,11H,4H2,1-3H3,(H4,15,16,17,18);1H. The number of hydrogen-bond acceptors (Lipinski definition) is 6. The first-order chi connectivity index (χ1) is 9.44. The molecule has 1 aliphatic rings. The van der Waals surface area contributed by atoms with E-state index < -0.39 is 5.66 Å². The summed E-state index contributed by atoms with van der Waals surface area (Å²) in [5.41, 5.74) is 12.0. The van der Waals surface area contributed by atoms with E-state index in [0.717, 1.165) is 12.0 Å². The van der Waals surface area contributed by atoms with Crippen LogP contribution in [0.5, 0.6) is 0 Å². The first kappa shape index (κ1) is 17.5. The molecule has 1 unspecified atom stereocenters. The molecular formula is C14H22BrN5O. The maximum absolute atomic E-state index is 6.02. The van der Waals surface area contributed by atoms with Gasteiger partial charge in [0, 0.05) is 0 Å². The van der Waals surface area contributed by atoms with Gasteiger partial charge in [-0.15, -0.1) is 17.0 Å². The van der Waals surface area contributed by atoms with Crippen LogP contribution < -0.4 is 11.5 Å². The Morgan fingerprint density at radius 2 is 1.86 bits per heavy atom. The van der Waals surface area contributed by atoms with Gasteiger partial charge in [-0.25, -0.2) is 4.99 Å². The quantitative estimate of drug-likeness (QED) is 0.867. The summed E-state index contributed by atoms with van der Waals surface area (Å²) >= 11 is 0. The van der Waals surface area contributed by atoms with Crippen molar-refractivity contribution in [3.8, 4) is 0 Å². The highest BCUT2D eigenvalue weighted by molar-refractivity contribution is 8.93. The minimum atomic E-state index is -0.682. The molecular weight excluding hydrogens is 334 g/mol. The molecule has 0 radical (unpaired) electrons. The molecule has 0 bridgehead atoms. The maximum atomic E-state index is 6.02. The maximum Gasteiger partial charge on any atom is 0.226 e. The Morgan fingerprint density at radius 3 is 2.38 bits per heavy atom. The average molecular weight is 356 g/mol. The molecule has 0 amide bonds. The summed E-state index contributed by atoms with van der Waals surface area (Å²) in [7, 11) is 0. The minimum absolute atomic E-state index is 0. The normalized spacial score (nSPS) is 18.3. The highest BCUT2D eigenvalue weighted by Gasteiger charge is 2.34. The molecule has 1 aromatic rings. The van der Waals surface area contributed by atoms with Crippen molar-refractivity contribution in [1.82, 2.24) is 5.06 Å². The van der Waals surface area contributed by atoms with Crippen LogP contribution in [0.4, 0.5) is 0 Å². The SMILES string of the molecule is Br.CCC(ON1C(N)=NC(N)=NC1(C)C)c1ccccc1. The van der Waals surface area contributed by atoms with Crippen molar-refractivity contribution in [2.45, 2.75) is 39.0 Å². The first-order valence-electron chi connectivity index (χ1n) is 6.65. The second kappa shape index (κ2) is 6.91. The topological polar surface area (TPSA) is 89.2 Å². The number of guanidine groups is 2. The van der Waals surface area contributed by atoms with Crippen LogP contribution in [0.15, 0.2) is 40.3 Å². The summed E-state index contributed by atoms with van der Waals surface area (Å²) < 4.78 is 0. The van der Waals surface area contributed by atoms with Crippen LogP contribution in [0.25, 0.3) is 0 Å². The van der Waals surface area contributed by atoms with Gasteiger partial charge >= 0.3 is 0 Å². The van der Waals surface area contributed by atoms with Crippen LogP contribution in [0.2, 0.25) is 0 Å². The second-order valence-electron chi connectivity index (χ2n) is 5.14. The zero-order valence-corrected chi connectivity index (χ0v) is 14.2. The zero-order valence-electron chi connectivity index (χ0n) is 12.5. The molecule has 1 aromatic carbocycles. The van der Waals surface area contributed by atoms with E-state index in [1.54, 1.807) is 0 Å². The molecule has 0 fully saturated rings. The van der Waals surface area contributed by atoms with Gasteiger partial charge in [0.05, 0.1) is 0 Å². The summed E-state index contributed by atoms with van der Waals surface area (Å²) in [6, 6.07) is 9.99. The Morgan fingerprint density at radius 1 is 1.24 bits per heavy atom. The van der Waals surface area contributed by atoms with Crippen LogP contribution in [-0.4, -0.2) is 22.6 Å². The number of benzene rings is 1. The molecule has 1 heterocycles. The van der Waals surface area contributed by atoms with E-state index in [1.165, 1.54) is 5.06 Å². The molecule has 4 N–H and O–H groups in total. The van der Waals surface area contributed by atoms with Gasteiger partial charge in [-0.05, 0) is 25.8 Å². The summed E-state index contributed by atoms with van der Waals surface area (Å²) in [4.78, 5) is 14.2.